The second kappa shape index (κ2) is 8.17. The molecular weight excluding hydrogens is 403 g/mol. The van der Waals surface area contributed by atoms with E-state index in [0.29, 0.717) is 5.69 Å². The van der Waals surface area contributed by atoms with Gasteiger partial charge in [0.25, 0.3) is 0 Å². The lowest BCUT2D eigenvalue weighted by atomic mass is 9.93. The molecule has 168 valence electrons. The Kier molecular flexibility index (Phi) is 6.09. The Bertz CT molecular complexity index is 931. The molecule has 1 heterocycles. The van der Waals surface area contributed by atoms with Crippen LogP contribution in [0.1, 0.15) is 54.8 Å². The Morgan fingerprint density at radius 1 is 1.10 bits per heavy atom. The van der Waals surface area contributed by atoms with Crippen molar-refractivity contribution >= 4 is 11.6 Å². The molecule has 1 atom stereocenters. The second-order valence-electron chi connectivity index (χ2n) is 9.54. The van der Waals surface area contributed by atoms with Gasteiger partial charge in [0, 0.05) is 18.5 Å². The summed E-state index contributed by atoms with van der Waals surface area (Å²) >= 11 is 0. The van der Waals surface area contributed by atoms with E-state index in [0.717, 1.165) is 17.7 Å². The van der Waals surface area contributed by atoms with Gasteiger partial charge in [-0.1, -0.05) is 32.9 Å². The van der Waals surface area contributed by atoms with Crippen molar-refractivity contribution in [2.75, 3.05) is 12.4 Å². The third-order valence-electron chi connectivity index (χ3n) is 5.85. The molecule has 1 aliphatic carbocycles. The quantitative estimate of drug-likeness (QED) is 0.704. The number of carbonyl (C=O) groups is 1. The van der Waals surface area contributed by atoms with Crippen molar-refractivity contribution in [3.8, 4) is 0 Å². The van der Waals surface area contributed by atoms with Crippen LogP contribution in [0.15, 0.2) is 30.5 Å². The molecule has 4 nitrogen and oxygen atoms in total. The monoisotopic (exact) mass is 433 g/mol. The number of fused-ring (bicyclic) bond motifs is 1. The number of amides is 1. The van der Waals surface area contributed by atoms with Crippen molar-refractivity contribution < 1.29 is 18.0 Å². The molecule has 0 radical (unpaired) electrons. The van der Waals surface area contributed by atoms with E-state index in [1.54, 1.807) is 26.8 Å². The van der Waals surface area contributed by atoms with Gasteiger partial charge in [-0.05, 0) is 61.1 Å². The predicted octanol–water partition coefficient (Wildman–Crippen LogP) is 5.39. The second-order valence-corrected chi connectivity index (χ2v) is 9.54. The number of halogens is 3. The van der Waals surface area contributed by atoms with Crippen LogP contribution in [0.25, 0.3) is 0 Å². The highest BCUT2D eigenvalue weighted by Gasteiger charge is 2.47. The van der Waals surface area contributed by atoms with Crippen LogP contribution in [-0.4, -0.2) is 35.1 Å². The summed E-state index contributed by atoms with van der Waals surface area (Å²) in [6.07, 6.45) is -1.47. The molecule has 0 fully saturated rings. The zero-order chi connectivity index (χ0) is 23.1. The van der Waals surface area contributed by atoms with Crippen molar-refractivity contribution in [1.29, 1.82) is 0 Å². The molecule has 1 amide bonds. The largest absolute Gasteiger partial charge is 0.414 e. The van der Waals surface area contributed by atoms with E-state index < -0.39 is 23.5 Å². The Labute approximate surface area is 181 Å². The number of hydrogen-bond acceptors (Lipinski definition) is 3. The van der Waals surface area contributed by atoms with Gasteiger partial charge in [0.05, 0.1) is 17.6 Å². The van der Waals surface area contributed by atoms with Crippen molar-refractivity contribution in [3.63, 3.8) is 0 Å². The molecule has 0 unspecified atom stereocenters. The summed E-state index contributed by atoms with van der Waals surface area (Å²) in [5, 5.41) is 3.38. The lowest BCUT2D eigenvalue weighted by molar-refractivity contribution is -0.192. The molecule has 31 heavy (non-hydrogen) atoms. The Balaban J connectivity index is 1.76. The minimum Gasteiger partial charge on any atom is -0.380 e. The average Bonchev–Trinajstić information content (AvgIpc) is 3.02. The third kappa shape index (κ3) is 5.02. The van der Waals surface area contributed by atoms with Crippen molar-refractivity contribution in [2.45, 2.75) is 65.7 Å². The van der Waals surface area contributed by atoms with Crippen molar-refractivity contribution in [3.05, 3.63) is 58.4 Å². The molecule has 1 aromatic heterocycles. The van der Waals surface area contributed by atoms with Crippen LogP contribution < -0.4 is 5.32 Å². The van der Waals surface area contributed by atoms with E-state index in [1.807, 2.05) is 0 Å². The zero-order valence-corrected chi connectivity index (χ0v) is 18.9. The van der Waals surface area contributed by atoms with E-state index in [-0.39, 0.29) is 11.7 Å². The molecule has 7 heteroatoms. The van der Waals surface area contributed by atoms with Gasteiger partial charge in [-0.25, -0.2) is 0 Å². The topological polar surface area (TPSA) is 45.2 Å². The molecular formula is C24H30F3N3O. The van der Waals surface area contributed by atoms with Crippen LogP contribution in [0.3, 0.4) is 0 Å². The summed E-state index contributed by atoms with van der Waals surface area (Å²) < 4.78 is 41.4. The van der Waals surface area contributed by atoms with E-state index in [1.165, 1.54) is 41.6 Å². The number of aromatic nitrogens is 1. The van der Waals surface area contributed by atoms with Gasteiger partial charge in [0.1, 0.15) is 0 Å². The van der Waals surface area contributed by atoms with Crippen LogP contribution in [-0.2, 0) is 17.6 Å². The fourth-order valence-electron chi connectivity index (χ4n) is 4.14. The highest BCUT2D eigenvalue weighted by Crippen LogP contribution is 2.38. The molecule has 1 aliphatic rings. The smallest absolute Gasteiger partial charge is 0.380 e. The summed E-state index contributed by atoms with van der Waals surface area (Å²) in [6.45, 7) is 8.99. The highest BCUT2D eigenvalue weighted by molar-refractivity contribution is 5.81. The van der Waals surface area contributed by atoms with Crippen LogP contribution in [0.4, 0.5) is 18.9 Å². The summed E-state index contributed by atoms with van der Waals surface area (Å²) in [7, 11) is 1.18. The Morgan fingerprint density at radius 2 is 1.65 bits per heavy atom. The Morgan fingerprint density at radius 3 is 2.06 bits per heavy atom. The summed E-state index contributed by atoms with van der Waals surface area (Å²) in [6, 6.07) is 5.47. The maximum absolute atomic E-state index is 13.8. The molecule has 1 N–H and O–H groups in total. The molecule has 1 aromatic carbocycles. The van der Waals surface area contributed by atoms with E-state index in [4.69, 9.17) is 0 Å². The molecule has 2 aromatic rings. The average molecular weight is 434 g/mol. The molecule has 3 rings (SSSR count). The number of anilines is 1. The molecule has 0 spiro atoms. The molecule has 0 aliphatic heterocycles. The number of nitrogens with one attached hydrogen (secondary N) is 1. The molecule has 0 saturated carbocycles. The summed E-state index contributed by atoms with van der Waals surface area (Å²) in [5.41, 5.74) is 4.69. The SMILES string of the molecule is Cc1cc2c(cc1C)CC(Nc1ccc([C@H](N(C)C(=O)C(C)(C)C)C(F)(F)F)nc1)C2. The minimum absolute atomic E-state index is 0.174. The fourth-order valence-corrected chi connectivity index (χ4v) is 4.14. The first-order chi connectivity index (χ1) is 14.3. The van der Waals surface area contributed by atoms with E-state index in [2.05, 4.69) is 36.3 Å². The number of pyridine rings is 1. The predicted molar refractivity (Wildman–Crippen MR) is 116 cm³/mol. The van der Waals surface area contributed by atoms with Gasteiger partial charge in [0.2, 0.25) is 5.91 Å². The Hall–Kier alpha value is -2.57. The van der Waals surface area contributed by atoms with Crippen LogP contribution >= 0.6 is 0 Å². The number of alkyl halides is 3. The van der Waals surface area contributed by atoms with Crippen molar-refractivity contribution in [2.24, 2.45) is 5.41 Å². The highest BCUT2D eigenvalue weighted by atomic mass is 19.4. The first kappa shape index (κ1) is 23.1. The molecule has 0 saturated heterocycles. The van der Waals surface area contributed by atoms with Gasteiger partial charge in [-0.3, -0.25) is 9.78 Å². The van der Waals surface area contributed by atoms with E-state index in [9.17, 15) is 18.0 Å². The maximum Gasteiger partial charge on any atom is 0.414 e. The van der Waals surface area contributed by atoms with Crippen LogP contribution in [0, 0.1) is 19.3 Å². The zero-order valence-electron chi connectivity index (χ0n) is 18.9. The van der Waals surface area contributed by atoms with Gasteiger partial charge < -0.3 is 10.2 Å². The fraction of sp³-hybridized carbons (Fsp3) is 0.500. The maximum atomic E-state index is 13.8. The van der Waals surface area contributed by atoms with Crippen molar-refractivity contribution in [1.82, 2.24) is 9.88 Å². The number of carbonyl (C=O) groups excluding carboxylic acids is 1. The first-order valence-electron chi connectivity index (χ1n) is 10.4. The number of aryl methyl sites for hydroxylation is 2. The summed E-state index contributed by atoms with van der Waals surface area (Å²) in [4.78, 5) is 17.3. The molecule has 0 bridgehead atoms. The van der Waals surface area contributed by atoms with Gasteiger partial charge in [0.15, 0.2) is 6.04 Å². The number of hydrogen-bond donors (Lipinski definition) is 1. The van der Waals surface area contributed by atoms with E-state index >= 15 is 0 Å². The number of benzene rings is 1. The van der Waals surface area contributed by atoms with Gasteiger partial charge >= 0.3 is 6.18 Å². The first-order valence-corrected chi connectivity index (χ1v) is 10.4. The van der Waals surface area contributed by atoms with Gasteiger partial charge in [-0.2, -0.15) is 13.2 Å². The lowest BCUT2D eigenvalue weighted by Gasteiger charge is -2.33. The standard InChI is InChI=1S/C24H30F3N3O/c1-14-9-16-11-19(12-17(16)10-15(14)2)29-18-7-8-20(28-13-18)21(24(25,26)27)30(6)22(31)23(3,4)5/h7-10,13,19,21,29H,11-12H2,1-6H3/t21-/m0/s1. The number of rotatable bonds is 4. The number of nitrogens with zero attached hydrogens (tertiary/aromatic N) is 2. The normalized spacial score (nSPS) is 15.5. The lowest BCUT2D eigenvalue weighted by Crippen LogP contribution is -2.44. The minimum atomic E-state index is -4.62. The van der Waals surface area contributed by atoms with Crippen LogP contribution in [0.2, 0.25) is 0 Å². The third-order valence-corrected chi connectivity index (χ3v) is 5.85. The summed E-state index contributed by atoms with van der Waals surface area (Å²) in [5.74, 6) is -0.590. The van der Waals surface area contributed by atoms with Crippen LogP contribution in [0.5, 0.6) is 0 Å². The van der Waals surface area contributed by atoms with Gasteiger partial charge in [-0.15, -0.1) is 0 Å².